The van der Waals surface area contributed by atoms with Crippen LogP contribution >= 0.6 is 0 Å². The maximum Gasteiger partial charge on any atom is 0.266 e. The summed E-state index contributed by atoms with van der Waals surface area (Å²) in [7, 11) is -4.31. The van der Waals surface area contributed by atoms with Gasteiger partial charge in [-0.2, -0.15) is 8.42 Å². The van der Waals surface area contributed by atoms with Gasteiger partial charge in [-0.1, -0.05) is 165 Å². The molecule has 3 N–H and O–H groups in total. The third kappa shape index (κ3) is 33.7. The van der Waals surface area contributed by atoms with Gasteiger partial charge < -0.3 is 10.4 Å². The SMILES string of the molecule is CC/C=C\C/C=C\C/C=C\C/C=C\CCCCCCCCC(=O)NC(CS(=O)(=O)O)C(O)CCCCCCCCCCCCCC. The topological polar surface area (TPSA) is 104 Å². The number of nitrogens with one attached hydrogen (secondary N) is 1. The van der Waals surface area contributed by atoms with Crippen LogP contribution in [0.2, 0.25) is 0 Å². The van der Waals surface area contributed by atoms with E-state index in [1.165, 1.54) is 70.6 Å². The third-order valence-corrected chi connectivity index (χ3v) is 9.08. The van der Waals surface area contributed by atoms with Crippen molar-refractivity contribution in [1.29, 1.82) is 0 Å². The first-order chi connectivity index (χ1) is 22.3. The van der Waals surface area contributed by atoms with Crippen LogP contribution in [0.25, 0.3) is 0 Å². The predicted octanol–water partition coefficient (Wildman–Crippen LogP) is 10.7. The smallest absolute Gasteiger partial charge is 0.266 e. The van der Waals surface area contributed by atoms with Crippen molar-refractivity contribution in [2.45, 2.75) is 187 Å². The summed E-state index contributed by atoms with van der Waals surface area (Å²) in [6.45, 7) is 4.39. The number of aliphatic hydroxyl groups excluding tert-OH is 1. The zero-order valence-corrected chi connectivity index (χ0v) is 30.5. The van der Waals surface area contributed by atoms with Crippen LogP contribution in [0, 0.1) is 0 Å². The van der Waals surface area contributed by atoms with E-state index >= 15 is 0 Å². The van der Waals surface area contributed by atoms with E-state index in [4.69, 9.17) is 0 Å². The van der Waals surface area contributed by atoms with E-state index in [1.807, 2.05) is 0 Å². The molecule has 0 heterocycles. The summed E-state index contributed by atoms with van der Waals surface area (Å²) >= 11 is 0. The average Bonchev–Trinajstić information content (AvgIpc) is 3.01. The molecule has 0 saturated carbocycles. The van der Waals surface area contributed by atoms with Crippen molar-refractivity contribution >= 4 is 16.0 Å². The van der Waals surface area contributed by atoms with E-state index in [2.05, 4.69) is 67.8 Å². The summed E-state index contributed by atoms with van der Waals surface area (Å²) in [5.41, 5.74) is 0. The Kier molecular flexibility index (Phi) is 32.0. The Bertz CT molecular complexity index is 909. The molecule has 0 aliphatic carbocycles. The molecule has 0 spiro atoms. The van der Waals surface area contributed by atoms with Crippen LogP contribution in [0.15, 0.2) is 48.6 Å². The molecule has 0 fully saturated rings. The van der Waals surface area contributed by atoms with Crippen molar-refractivity contribution in [1.82, 2.24) is 5.32 Å². The van der Waals surface area contributed by atoms with Crippen LogP contribution < -0.4 is 5.32 Å². The fraction of sp³-hybridized carbons (Fsp3) is 0.769. The van der Waals surface area contributed by atoms with Gasteiger partial charge in [0, 0.05) is 6.42 Å². The maximum atomic E-state index is 12.5. The minimum absolute atomic E-state index is 0.262. The summed E-state index contributed by atoms with van der Waals surface area (Å²) in [5, 5.41) is 13.3. The highest BCUT2D eigenvalue weighted by atomic mass is 32.2. The highest BCUT2D eigenvalue weighted by molar-refractivity contribution is 7.85. The molecule has 46 heavy (non-hydrogen) atoms. The lowest BCUT2D eigenvalue weighted by molar-refractivity contribution is -0.122. The Morgan fingerprint density at radius 3 is 1.54 bits per heavy atom. The molecule has 0 aromatic carbocycles. The van der Waals surface area contributed by atoms with Gasteiger partial charge in [0.1, 0.15) is 0 Å². The van der Waals surface area contributed by atoms with Crippen LogP contribution in [-0.2, 0) is 14.9 Å². The molecular formula is C39H71NO5S. The average molecular weight is 666 g/mol. The quantitative estimate of drug-likeness (QED) is 0.0368. The predicted molar refractivity (Wildman–Crippen MR) is 198 cm³/mol. The zero-order valence-electron chi connectivity index (χ0n) is 29.7. The zero-order chi connectivity index (χ0) is 34.0. The molecule has 0 bridgehead atoms. The van der Waals surface area contributed by atoms with E-state index in [0.29, 0.717) is 12.8 Å². The van der Waals surface area contributed by atoms with E-state index < -0.39 is 28.0 Å². The first kappa shape index (κ1) is 44.3. The Morgan fingerprint density at radius 1 is 0.609 bits per heavy atom. The van der Waals surface area contributed by atoms with Gasteiger partial charge in [-0.25, -0.2) is 0 Å². The molecule has 1 amide bonds. The molecule has 7 heteroatoms. The molecule has 6 nitrogen and oxygen atoms in total. The molecule has 0 radical (unpaired) electrons. The number of carbonyl (C=O) groups excluding carboxylic acids is 1. The lowest BCUT2D eigenvalue weighted by atomic mass is 10.0. The van der Waals surface area contributed by atoms with E-state index in [9.17, 15) is 22.9 Å². The normalized spacial score (nSPS) is 13.9. The van der Waals surface area contributed by atoms with E-state index in [1.54, 1.807) is 0 Å². The van der Waals surface area contributed by atoms with Crippen LogP contribution in [-0.4, -0.2) is 41.9 Å². The highest BCUT2D eigenvalue weighted by Crippen LogP contribution is 2.15. The summed E-state index contributed by atoms with van der Waals surface area (Å²) in [6.07, 6.45) is 43.4. The van der Waals surface area contributed by atoms with Gasteiger partial charge in [0.2, 0.25) is 5.91 Å². The van der Waals surface area contributed by atoms with Gasteiger partial charge >= 0.3 is 0 Å². The van der Waals surface area contributed by atoms with Gasteiger partial charge in [-0.05, 0) is 51.4 Å². The van der Waals surface area contributed by atoms with Gasteiger partial charge in [-0.15, -0.1) is 0 Å². The second-order valence-corrected chi connectivity index (χ2v) is 14.3. The second-order valence-electron chi connectivity index (χ2n) is 12.8. The standard InChI is InChI=1S/C39H71NO5S/c1-3-5-7-9-11-13-15-17-18-19-20-21-22-23-25-27-29-31-33-35-39(42)40-37(36-46(43,44)45)38(41)34-32-30-28-26-24-16-14-12-10-8-6-4-2/h5,7,11,13,17-18,20-21,37-38,41H,3-4,6,8-10,12,14-16,19,22-36H2,1-2H3,(H,40,42)(H,43,44,45)/b7-5-,13-11-,18-17-,21-20-. The summed E-state index contributed by atoms with van der Waals surface area (Å²) < 4.78 is 32.4. The highest BCUT2D eigenvalue weighted by Gasteiger charge is 2.26. The van der Waals surface area contributed by atoms with Crippen LogP contribution in [0.1, 0.15) is 174 Å². The minimum Gasteiger partial charge on any atom is -0.391 e. The Hall–Kier alpha value is -1.70. The Balaban J connectivity index is 3.94. The molecule has 0 aliphatic rings. The second kappa shape index (κ2) is 33.2. The number of amides is 1. The number of aliphatic hydroxyl groups is 1. The fourth-order valence-electron chi connectivity index (χ4n) is 5.50. The number of hydrogen-bond donors (Lipinski definition) is 3. The molecule has 0 aromatic heterocycles. The minimum atomic E-state index is -4.31. The van der Waals surface area contributed by atoms with Crippen LogP contribution in [0.4, 0.5) is 0 Å². The van der Waals surface area contributed by atoms with E-state index in [0.717, 1.165) is 77.0 Å². The number of allylic oxidation sites excluding steroid dienone is 8. The number of unbranched alkanes of at least 4 members (excludes halogenated alkanes) is 17. The molecule has 0 rings (SSSR count). The lowest BCUT2D eigenvalue weighted by Gasteiger charge is -2.23. The van der Waals surface area contributed by atoms with Crippen molar-refractivity contribution in [3.8, 4) is 0 Å². The molecule has 268 valence electrons. The Morgan fingerprint density at radius 2 is 1.04 bits per heavy atom. The summed E-state index contributed by atoms with van der Waals surface area (Å²) in [4.78, 5) is 12.5. The molecular weight excluding hydrogens is 594 g/mol. The molecule has 2 unspecified atom stereocenters. The molecule has 0 aromatic rings. The van der Waals surface area contributed by atoms with Crippen molar-refractivity contribution in [3.05, 3.63) is 48.6 Å². The summed E-state index contributed by atoms with van der Waals surface area (Å²) in [6, 6.07) is -0.978. The van der Waals surface area contributed by atoms with Gasteiger partial charge in [0.25, 0.3) is 10.1 Å². The first-order valence-corrected chi connectivity index (χ1v) is 20.4. The van der Waals surface area contributed by atoms with Crippen LogP contribution in [0.3, 0.4) is 0 Å². The fourth-order valence-corrected chi connectivity index (χ4v) is 6.26. The number of rotatable bonds is 33. The Labute approximate surface area is 284 Å². The first-order valence-electron chi connectivity index (χ1n) is 18.8. The van der Waals surface area contributed by atoms with Crippen molar-refractivity contribution < 1.29 is 22.9 Å². The van der Waals surface area contributed by atoms with Gasteiger partial charge in [-0.3, -0.25) is 9.35 Å². The van der Waals surface area contributed by atoms with Gasteiger partial charge in [0.15, 0.2) is 0 Å². The van der Waals surface area contributed by atoms with E-state index in [-0.39, 0.29) is 5.91 Å². The lowest BCUT2D eigenvalue weighted by Crippen LogP contribution is -2.47. The number of hydrogen-bond acceptors (Lipinski definition) is 4. The van der Waals surface area contributed by atoms with Crippen molar-refractivity contribution in [2.75, 3.05) is 5.75 Å². The monoisotopic (exact) mass is 666 g/mol. The number of carbonyl (C=O) groups is 1. The molecule has 0 aliphatic heterocycles. The summed E-state index contributed by atoms with van der Waals surface area (Å²) in [5.74, 6) is -0.918. The maximum absolute atomic E-state index is 12.5. The third-order valence-electron chi connectivity index (χ3n) is 8.30. The van der Waals surface area contributed by atoms with Crippen molar-refractivity contribution in [2.24, 2.45) is 0 Å². The largest absolute Gasteiger partial charge is 0.391 e. The molecule has 0 saturated heterocycles. The van der Waals surface area contributed by atoms with Crippen LogP contribution in [0.5, 0.6) is 0 Å². The van der Waals surface area contributed by atoms with Crippen molar-refractivity contribution in [3.63, 3.8) is 0 Å². The van der Waals surface area contributed by atoms with Gasteiger partial charge in [0.05, 0.1) is 17.9 Å². The molecule has 2 atom stereocenters.